The van der Waals surface area contributed by atoms with Crippen molar-refractivity contribution in [2.75, 3.05) is 23.3 Å². The number of aromatic nitrogens is 6. The van der Waals surface area contributed by atoms with E-state index in [4.69, 9.17) is 0 Å². The number of anilines is 2. The van der Waals surface area contributed by atoms with E-state index < -0.39 is 18.5 Å². The molecule has 0 aromatic carbocycles. The number of fused-ring (bicyclic) bond motifs is 1. The van der Waals surface area contributed by atoms with E-state index in [1.54, 1.807) is 41.7 Å². The van der Waals surface area contributed by atoms with Crippen LogP contribution in [0.4, 0.5) is 24.8 Å². The first-order chi connectivity index (χ1) is 15.8. The SMILES string of the molecule is Cc1sc(-c2cnn(C)c2C(=O)Nc2ccn3nc(N4CC[C@@H](F)C4)nc3c2)nc1C(F)F. The Balaban J connectivity index is 1.41. The molecule has 0 unspecified atom stereocenters. The third-order valence-electron chi connectivity index (χ3n) is 5.42. The predicted molar refractivity (Wildman–Crippen MR) is 117 cm³/mol. The zero-order valence-electron chi connectivity index (χ0n) is 17.7. The second kappa shape index (κ2) is 8.14. The van der Waals surface area contributed by atoms with Crippen molar-refractivity contribution in [3.63, 3.8) is 0 Å². The fourth-order valence-corrected chi connectivity index (χ4v) is 4.69. The van der Waals surface area contributed by atoms with Gasteiger partial charge >= 0.3 is 0 Å². The third-order valence-corrected chi connectivity index (χ3v) is 6.44. The second-order valence-electron chi connectivity index (χ2n) is 7.71. The van der Waals surface area contributed by atoms with Crippen molar-refractivity contribution < 1.29 is 18.0 Å². The number of nitrogens with zero attached hydrogens (tertiary/aromatic N) is 7. The van der Waals surface area contributed by atoms with E-state index in [1.807, 2.05) is 0 Å². The minimum atomic E-state index is -2.69. The fraction of sp³-hybridized carbons (Fsp3) is 0.350. The van der Waals surface area contributed by atoms with Gasteiger partial charge in [-0.3, -0.25) is 9.48 Å². The lowest BCUT2D eigenvalue weighted by Gasteiger charge is -2.10. The Kier molecular flexibility index (Phi) is 5.27. The molecular weight excluding hydrogens is 457 g/mol. The number of nitrogens with one attached hydrogen (secondary N) is 1. The molecule has 1 amide bonds. The molecule has 1 N–H and O–H groups in total. The molecule has 1 atom stereocenters. The summed E-state index contributed by atoms with van der Waals surface area (Å²) >= 11 is 1.09. The molecule has 1 fully saturated rings. The highest BCUT2D eigenvalue weighted by atomic mass is 32.1. The Morgan fingerprint density at radius 2 is 2.15 bits per heavy atom. The van der Waals surface area contributed by atoms with E-state index in [-0.39, 0.29) is 17.9 Å². The summed E-state index contributed by atoms with van der Waals surface area (Å²) in [7, 11) is 1.59. The smallest absolute Gasteiger partial charge is 0.281 e. The molecular formula is C20H19F3N8OS. The molecule has 1 saturated heterocycles. The molecule has 0 spiro atoms. The van der Waals surface area contributed by atoms with Crippen LogP contribution in [-0.4, -0.2) is 54.5 Å². The summed E-state index contributed by atoms with van der Waals surface area (Å²) in [6.07, 6.45) is -0.0577. The monoisotopic (exact) mass is 476 g/mol. The van der Waals surface area contributed by atoms with Crippen molar-refractivity contribution in [2.45, 2.75) is 25.9 Å². The lowest BCUT2D eigenvalue weighted by molar-refractivity contribution is 0.101. The van der Waals surface area contributed by atoms with E-state index in [9.17, 15) is 18.0 Å². The first-order valence-electron chi connectivity index (χ1n) is 10.1. The molecule has 9 nitrogen and oxygen atoms in total. The van der Waals surface area contributed by atoms with Gasteiger partial charge in [-0.1, -0.05) is 0 Å². The van der Waals surface area contributed by atoms with Crippen LogP contribution in [-0.2, 0) is 7.05 Å². The number of hydrogen-bond donors (Lipinski definition) is 1. The topological polar surface area (TPSA) is 93.2 Å². The number of aryl methyl sites for hydroxylation is 2. The zero-order chi connectivity index (χ0) is 23.3. The average Bonchev–Trinajstić information content (AvgIpc) is 3.53. The van der Waals surface area contributed by atoms with Gasteiger partial charge in [0.15, 0.2) is 5.65 Å². The average molecular weight is 476 g/mol. The molecule has 33 heavy (non-hydrogen) atoms. The Morgan fingerprint density at radius 3 is 2.85 bits per heavy atom. The number of rotatable bonds is 5. The molecule has 4 aromatic heterocycles. The summed E-state index contributed by atoms with van der Waals surface area (Å²) in [5.74, 6) is -0.0399. The Bertz CT molecular complexity index is 1350. The van der Waals surface area contributed by atoms with E-state index in [0.717, 1.165) is 11.3 Å². The van der Waals surface area contributed by atoms with Crippen molar-refractivity contribution in [3.05, 3.63) is 40.8 Å². The number of carbonyl (C=O) groups is 1. The molecule has 5 heterocycles. The summed E-state index contributed by atoms with van der Waals surface area (Å²) in [5.41, 5.74) is 1.23. The van der Waals surface area contributed by atoms with Gasteiger partial charge in [0, 0.05) is 36.4 Å². The van der Waals surface area contributed by atoms with Crippen molar-refractivity contribution in [3.8, 4) is 10.6 Å². The Hall–Kier alpha value is -3.48. The van der Waals surface area contributed by atoms with Crippen LogP contribution in [0.5, 0.6) is 0 Å². The molecule has 4 aromatic rings. The number of thiazole rings is 1. The maximum Gasteiger partial charge on any atom is 0.281 e. The van der Waals surface area contributed by atoms with E-state index in [2.05, 4.69) is 25.5 Å². The van der Waals surface area contributed by atoms with Gasteiger partial charge in [0.2, 0.25) is 5.95 Å². The van der Waals surface area contributed by atoms with Crippen molar-refractivity contribution >= 4 is 34.5 Å². The highest BCUT2D eigenvalue weighted by Crippen LogP contribution is 2.34. The molecule has 172 valence electrons. The highest BCUT2D eigenvalue weighted by Gasteiger charge is 2.26. The number of pyridine rings is 1. The molecule has 13 heteroatoms. The largest absolute Gasteiger partial charge is 0.336 e. The van der Waals surface area contributed by atoms with E-state index in [0.29, 0.717) is 45.7 Å². The molecule has 0 bridgehead atoms. The van der Waals surface area contributed by atoms with Crippen LogP contribution in [0.15, 0.2) is 24.5 Å². The van der Waals surface area contributed by atoms with Gasteiger partial charge < -0.3 is 10.2 Å². The third kappa shape index (κ3) is 3.92. The van der Waals surface area contributed by atoms with Crippen LogP contribution in [0.3, 0.4) is 0 Å². The quantitative estimate of drug-likeness (QED) is 0.473. The lowest BCUT2D eigenvalue weighted by Crippen LogP contribution is -2.21. The molecule has 0 aliphatic carbocycles. The standard InChI is InChI=1S/C20H19F3N8OS/c1-10-15(17(22)23)27-19(33-10)13-8-24-29(2)16(13)18(32)25-12-4-6-31-14(7-12)26-20(28-31)30-5-3-11(21)9-30/h4,6-8,11,17H,3,5,9H2,1-2H3,(H,25,32)/t11-/m1/s1. The van der Waals surface area contributed by atoms with Crippen LogP contribution < -0.4 is 10.2 Å². The van der Waals surface area contributed by atoms with Crippen LogP contribution in [0.25, 0.3) is 16.2 Å². The Morgan fingerprint density at radius 1 is 1.33 bits per heavy atom. The summed E-state index contributed by atoms with van der Waals surface area (Å²) in [6.45, 7) is 2.37. The van der Waals surface area contributed by atoms with E-state index in [1.165, 1.54) is 10.9 Å². The van der Waals surface area contributed by atoms with Gasteiger partial charge in [0.25, 0.3) is 12.3 Å². The minimum Gasteiger partial charge on any atom is -0.336 e. The maximum absolute atomic E-state index is 13.5. The van der Waals surface area contributed by atoms with Crippen molar-refractivity contribution in [2.24, 2.45) is 7.05 Å². The summed E-state index contributed by atoms with van der Waals surface area (Å²) in [4.78, 5) is 23.7. The molecule has 0 radical (unpaired) electrons. The summed E-state index contributed by atoms with van der Waals surface area (Å²) in [5, 5.41) is 11.6. The molecule has 1 aliphatic rings. The van der Waals surface area contributed by atoms with Gasteiger partial charge in [-0.05, 0) is 19.4 Å². The second-order valence-corrected chi connectivity index (χ2v) is 8.91. The van der Waals surface area contributed by atoms with Crippen LogP contribution in [0.1, 0.15) is 33.9 Å². The Labute approximate surface area is 189 Å². The number of halogens is 3. The highest BCUT2D eigenvalue weighted by molar-refractivity contribution is 7.15. The predicted octanol–water partition coefficient (Wildman–Crippen LogP) is 3.63. The molecule has 5 rings (SSSR count). The molecule has 0 saturated carbocycles. The van der Waals surface area contributed by atoms with Crippen LogP contribution in [0.2, 0.25) is 0 Å². The van der Waals surface area contributed by atoms with E-state index >= 15 is 0 Å². The van der Waals surface area contributed by atoms with Gasteiger partial charge in [-0.25, -0.2) is 22.7 Å². The maximum atomic E-state index is 13.5. The summed E-state index contributed by atoms with van der Waals surface area (Å²) in [6, 6.07) is 3.31. The lowest BCUT2D eigenvalue weighted by atomic mass is 10.2. The zero-order valence-corrected chi connectivity index (χ0v) is 18.5. The number of amides is 1. The first-order valence-corrected chi connectivity index (χ1v) is 11.0. The van der Waals surface area contributed by atoms with Crippen LogP contribution in [0, 0.1) is 6.92 Å². The van der Waals surface area contributed by atoms with Gasteiger partial charge in [-0.15, -0.1) is 16.4 Å². The molecule has 1 aliphatic heterocycles. The van der Waals surface area contributed by atoms with Crippen LogP contribution >= 0.6 is 11.3 Å². The normalized spacial score (nSPS) is 16.3. The minimum absolute atomic E-state index is 0.192. The van der Waals surface area contributed by atoms with Crippen molar-refractivity contribution in [1.29, 1.82) is 0 Å². The summed E-state index contributed by atoms with van der Waals surface area (Å²) < 4.78 is 42.8. The fourth-order valence-electron chi connectivity index (χ4n) is 3.76. The van der Waals surface area contributed by atoms with Gasteiger partial charge in [0.1, 0.15) is 22.6 Å². The van der Waals surface area contributed by atoms with Crippen molar-refractivity contribution in [1.82, 2.24) is 29.4 Å². The van der Waals surface area contributed by atoms with Gasteiger partial charge in [0.05, 0.1) is 18.3 Å². The number of hydrogen-bond acceptors (Lipinski definition) is 7. The first kappa shape index (κ1) is 21.4. The number of alkyl halides is 3. The number of carbonyl (C=O) groups excluding carboxylic acids is 1. The van der Waals surface area contributed by atoms with Gasteiger partial charge in [-0.2, -0.15) is 10.1 Å².